The van der Waals surface area contributed by atoms with Crippen LogP contribution in [0.1, 0.15) is 35.7 Å². The monoisotopic (exact) mass is 255 g/mol. The highest BCUT2D eigenvalue weighted by Gasteiger charge is 2.27. The number of aromatic amines is 1. The van der Waals surface area contributed by atoms with Gasteiger partial charge in [0, 0.05) is 24.9 Å². The number of benzene rings is 1. The lowest BCUT2D eigenvalue weighted by molar-refractivity contribution is 0.406. The van der Waals surface area contributed by atoms with Gasteiger partial charge in [0.05, 0.1) is 0 Å². The number of aryl methyl sites for hydroxylation is 1. The van der Waals surface area contributed by atoms with Crippen molar-refractivity contribution >= 4 is 0 Å². The lowest BCUT2D eigenvalue weighted by atomic mass is 9.78. The zero-order valence-electron chi connectivity index (χ0n) is 11.4. The number of hydrogen-bond donors (Lipinski definition) is 2. The van der Waals surface area contributed by atoms with Crippen molar-refractivity contribution in [1.82, 2.24) is 15.3 Å². The maximum atomic E-state index is 4.36. The predicted molar refractivity (Wildman–Crippen MR) is 77.3 cm³/mol. The molecule has 3 rings (SSSR count). The number of nitrogens with one attached hydrogen (secondary N) is 2. The van der Waals surface area contributed by atoms with Crippen LogP contribution in [0.2, 0.25) is 0 Å². The zero-order chi connectivity index (χ0) is 13.1. The number of aromatic nitrogens is 2. The lowest BCUT2D eigenvalue weighted by Crippen LogP contribution is -2.36. The van der Waals surface area contributed by atoms with Crippen molar-refractivity contribution in [2.75, 3.05) is 7.05 Å². The Hall–Kier alpha value is -1.61. The summed E-state index contributed by atoms with van der Waals surface area (Å²) in [5.74, 6) is 1.67. The molecule has 0 fully saturated rings. The molecule has 0 radical (unpaired) electrons. The fourth-order valence-electron chi connectivity index (χ4n) is 3.27. The third kappa shape index (κ3) is 2.56. The molecule has 1 aliphatic rings. The molecule has 100 valence electrons. The Kier molecular flexibility index (Phi) is 3.65. The molecule has 2 aromatic rings. The second-order valence-electron chi connectivity index (χ2n) is 5.33. The van der Waals surface area contributed by atoms with Gasteiger partial charge in [0.2, 0.25) is 0 Å². The molecular formula is C16H21N3. The Balaban J connectivity index is 1.84. The van der Waals surface area contributed by atoms with E-state index in [9.17, 15) is 0 Å². The van der Waals surface area contributed by atoms with Gasteiger partial charge in [0.1, 0.15) is 5.82 Å². The Morgan fingerprint density at radius 2 is 2.32 bits per heavy atom. The molecular weight excluding hydrogens is 234 g/mol. The average Bonchev–Trinajstić information content (AvgIpc) is 2.97. The van der Waals surface area contributed by atoms with Gasteiger partial charge in [-0.1, -0.05) is 24.3 Å². The van der Waals surface area contributed by atoms with Crippen molar-refractivity contribution in [1.29, 1.82) is 0 Å². The zero-order valence-corrected chi connectivity index (χ0v) is 11.4. The third-order valence-corrected chi connectivity index (χ3v) is 4.24. The molecule has 0 amide bonds. The van der Waals surface area contributed by atoms with Crippen LogP contribution in [-0.2, 0) is 12.8 Å². The van der Waals surface area contributed by atoms with Gasteiger partial charge in [0.25, 0.3) is 0 Å². The van der Waals surface area contributed by atoms with Crippen LogP contribution < -0.4 is 5.32 Å². The molecule has 0 aliphatic heterocycles. The Bertz CT molecular complexity index is 519. The number of rotatable bonds is 4. The largest absolute Gasteiger partial charge is 0.349 e. The molecule has 1 aliphatic carbocycles. The summed E-state index contributed by atoms with van der Waals surface area (Å²) in [6.07, 6.45) is 8.47. The summed E-state index contributed by atoms with van der Waals surface area (Å²) in [5, 5.41) is 3.49. The molecule has 0 saturated heterocycles. The van der Waals surface area contributed by atoms with Crippen molar-refractivity contribution in [3.05, 3.63) is 53.6 Å². The molecule has 0 bridgehead atoms. The van der Waals surface area contributed by atoms with E-state index in [1.165, 1.54) is 30.4 Å². The molecule has 1 heterocycles. The summed E-state index contributed by atoms with van der Waals surface area (Å²) in [7, 11) is 2.06. The van der Waals surface area contributed by atoms with E-state index in [0.29, 0.717) is 12.0 Å². The molecule has 0 spiro atoms. The van der Waals surface area contributed by atoms with Crippen LogP contribution in [0.5, 0.6) is 0 Å². The van der Waals surface area contributed by atoms with Crippen LogP contribution in [0.4, 0.5) is 0 Å². The van der Waals surface area contributed by atoms with Crippen LogP contribution in [0.15, 0.2) is 36.7 Å². The molecule has 1 aromatic heterocycles. The maximum absolute atomic E-state index is 4.36. The smallest absolute Gasteiger partial charge is 0.107 e. The number of imidazole rings is 1. The van der Waals surface area contributed by atoms with E-state index >= 15 is 0 Å². The highest BCUT2D eigenvalue weighted by Crippen LogP contribution is 2.34. The van der Waals surface area contributed by atoms with E-state index in [4.69, 9.17) is 0 Å². The van der Waals surface area contributed by atoms with Crippen molar-refractivity contribution < 1.29 is 0 Å². The summed E-state index contributed by atoms with van der Waals surface area (Å²) in [5.41, 5.74) is 3.05. The number of H-pyrrole nitrogens is 1. The fraction of sp³-hybridized carbons (Fsp3) is 0.438. The van der Waals surface area contributed by atoms with E-state index in [-0.39, 0.29) is 0 Å². The Morgan fingerprint density at radius 1 is 1.42 bits per heavy atom. The first-order chi connectivity index (χ1) is 9.38. The summed E-state index contributed by atoms with van der Waals surface area (Å²) in [4.78, 5) is 7.57. The van der Waals surface area contributed by atoms with Crippen molar-refractivity contribution in [3.8, 4) is 0 Å². The van der Waals surface area contributed by atoms with Gasteiger partial charge in [-0.2, -0.15) is 0 Å². The summed E-state index contributed by atoms with van der Waals surface area (Å²) in [6.45, 7) is 0. The van der Waals surface area contributed by atoms with Crippen LogP contribution in [0.3, 0.4) is 0 Å². The molecule has 1 aromatic carbocycles. The van der Waals surface area contributed by atoms with Crippen LogP contribution in [0.25, 0.3) is 0 Å². The van der Waals surface area contributed by atoms with Gasteiger partial charge in [-0.25, -0.2) is 4.98 Å². The second kappa shape index (κ2) is 5.57. The second-order valence-corrected chi connectivity index (χ2v) is 5.33. The minimum absolute atomic E-state index is 0.451. The maximum Gasteiger partial charge on any atom is 0.107 e. The van der Waals surface area contributed by atoms with Crippen LogP contribution in [-0.4, -0.2) is 23.1 Å². The van der Waals surface area contributed by atoms with Gasteiger partial charge >= 0.3 is 0 Å². The predicted octanol–water partition coefficient (Wildman–Crippen LogP) is 2.66. The van der Waals surface area contributed by atoms with E-state index in [0.717, 1.165) is 12.2 Å². The quantitative estimate of drug-likeness (QED) is 0.882. The topological polar surface area (TPSA) is 40.7 Å². The highest BCUT2D eigenvalue weighted by molar-refractivity contribution is 5.34. The van der Waals surface area contributed by atoms with Gasteiger partial charge in [-0.3, -0.25) is 0 Å². The number of hydrogen-bond acceptors (Lipinski definition) is 2. The first kappa shape index (κ1) is 12.4. The van der Waals surface area contributed by atoms with Gasteiger partial charge in [-0.05, 0) is 43.4 Å². The molecule has 3 heteroatoms. The van der Waals surface area contributed by atoms with Crippen molar-refractivity contribution in [2.24, 2.45) is 0 Å². The van der Waals surface area contributed by atoms with Crippen molar-refractivity contribution in [3.63, 3.8) is 0 Å². The number of likely N-dealkylation sites (N-methyl/N-ethyl adjacent to an activating group) is 1. The van der Waals surface area contributed by atoms with Crippen LogP contribution >= 0.6 is 0 Å². The standard InChI is InChI=1S/C16H21N3/c1-17-15(11-16-18-9-10-19-16)14-8-4-6-12-5-2-3-7-13(12)14/h2-3,5,7,9-10,14-15,17H,4,6,8,11H2,1H3,(H,18,19). The first-order valence-electron chi connectivity index (χ1n) is 7.12. The molecule has 2 N–H and O–H groups in total. The van der Waals surface area contributed by atoms with Crippen molar-refractivity contribution in [2.45, 2.75) is 37.6 Å². The summed E-state index contributed by atoms with van der Waals surface area (Å²) >= 11 is 0. The van der Waals surface area contributed by atoms with Gasteiger partial charge in [-0.15, -0.1) is 0 Å². The normalized spacial score (nSPS) is 19.9. The Morgan fingerprint density at radius 3 is 3.11 bits per heavy atom. The molecule has 2 atom stereocenters. The van der Waals surface area contributed by atoms with Gasteiger partial charge in [0.15, 0.2) is 0 Å². The minimum Gasteiger partial charge on any atom is -0.349 e. The molecule has 2 unspecified atom stereocenters. The van der Waals surface area contributed by atoms with E-state index < -0.39 is 0 Å². The first-order valence-corrected chi connectivity index (χ1v) is 7.12. The van der Waals surface area contributed by atoms with E-state index in [2.05, 4.69) is 46.6 Å². The Labute approximate surface area is 114 Å². The highest BCUT2D eigenvalue weighted by atomic mass is 14.9. The molecule has 3 nitrogen and oxygen atoms in total. The molecule has 0 saturated carbocycles. The third-order valence-electron chi connectivity index (χ3n) is 4.24. The SMILES string of the molecule is CNC(Cc1ncc[nH]1)C1CCCc2ccccc21. The van der Waals surface area contributed by atoms with Crippen LogP contribution in [0, 0.1) is 0 Å². The fourth-order valence-corrected chi connectivity index (χ4v) is 3.27. The lowest BCUT2D eigenvalue weighted by Gasteiger charge is -2.32. The van der Waals surface area contributed by atoms with E-state index in [1.54, 1.807) is 0 Å². The number of fused-ring (bicyclic) bond motifs is 1. The van der Waals surface area contributed by atoms with Gasteiger partial charge < -0.3 is 10.3 Å². The molecule has 19 heavy (non-hydrogen) atoms. The summed E-state index contributed by atoms with van der Waals surface area (Å²) < 4.78 is 0. The van der Waals surface area contributed by atoms with E-state index in [1.807, 2.05) is 12.4 Å². The number of nitrogens with zero attached hydrogens (tertiary/aromatic N) is 1. The minimum atomic E-state index is 0.451. The average molecular weight is 255 g/mol. The summed E-state index contributed by atoms with van der Waals surface area (Å²) in [6, 6.07) is 9.35.